The Bertz CT molecular complexity index is 1410. The highest BCUT2D eigenvalue weighted by Gasteiger charge is 2.18. The fraction of sp³-hybridized carbons (Fsp3) is 0.208. The summed E-state index contributed by atoms with van der Waals surface area (Å²) < 4.78 is 4.10. The molecule has 1 aromatic carbocycles. The fourth-order valence-electron chi connectivity index (χ4n) is 4.52. The average Bonchev–Trinajstić information content (AvgIpc) is 3.53. The summed E-state index contributed by atoms with van der Waals surface area (Å²) >= 11 is 12.8. The molecule has 31 heavy (non-hydrogen) atoms. The third kappa shape index (κ3) is 3.20. The third-order valence-corrected chi connectivity index (χ3v) is 6.77. The molecule has 1 aliphatic rings. The summed E-state index contributed by atoms with van der Waals surface area (Å²) in [4.78, 5) is 9.56. The Morgan fingerprint density at radius 3 is 2.55 bits per heavy atom. The van der Waals surface area contributed by atoms with Gasteiger partial charge < -0.3 is 4.40 Å². The zero-order valence-corrected chi connectivity index (χ0v) is 18.2. The molecule has 5 aromatic rings. The number of fused-ring (bicyclic) bond motifs is 3. The van der Waals surface area contributed by atoms with E-state index in [1.54, 1.807) is 0 Å². The van der Waals surface area contributed by atoms with E-state index in [1.807, 2.05) is 53.5 Å². The summed E-state index contributed by atoms with van der Waals surface area (Å²) in [5.74, 6) is 0. The summed E-state index contributed by atoms with van der Waals surface area (Å²) in [6.07, 6.45) is 14.9. The Balaban J connectivity index is 1.47. The highest BCUT2D eigenvalue weighted by Crippen LogP contribution is 2.35. The summed E-state index contributed by atoms with van der Waals surface area (Å²) in [5, 5.41) is 6.76. The number of rotatable bonds is 3. The molecule has 0 atom stereocenters. The summed E-state index contributed by atoms with van der Waals surface area (Å²) in [6.45, 7) is 0. The molecule has 0 radical (unpaired) electrons. The van der Waals surface area contributed by atoms with E-state index in [-0.39, 0.29) is 0 Å². The van der Waals surface area contributed by atoms with E-state index in [0.29, 0.717) is 16.1 Å². The molecule has 0 aliphatic heterocycles. The number of imidazole rings is 1. The van der Waals surface area contributed by atoms with E-state index >= 15 is 0 Å². The number of aromatic nitrogens is 5. The minimum atomic E-state index is 0.518. The first kappa shape index (κ1) is 18.8. The molecule has 0 amide bonds. The van der Waals surface area contributed by atoms with Crippen molar-refractivity contribution in [3.8, 4) is 22.4 Å². The van der Waals surface area contributed by atoms with Crippen molar-refractivity contribution in [1.82, 2.24) is 24.1 Å². The van der Waals surface area contributed by atoms with Crippen LogP contribution in [0.5, 0.6) is 0 Å². The minimum Gasteiger partial charge on any atom is -0.306 e. The molecule has 0 unspecified atom stereocenters. The van der Waals surface area contributed by atoms with Gasteiger partial charge in [0.15, 0.2) is 0 Å². The Hall–Kier alpha value is -2.89. The first-order valence-corrected chi connectivity index (χ1v) is 11.2. The number of halogens is 2. The molecule has 1 saturated carbocycles. The molecule has 0 spiro atoms. The minimum absolute atomic E-state index is 0.518. The SMILES string of the molecule is Clc1cccc(Cl)c1-c1cn2ccc3ncc(-c4cnn(C5CCCC5)c4)cc3c2n1. The topological polar surface area (TPSA) is 48.0 Å². The monoisotopic (exact) mass is 447 g/mol. The molecule has 4 aromatic heterocycles. The van der Waals surface area contributed by atoms with Crippen LogP contribution >= 0.6 is 23.2 Å². The molecule has 6 rings (SSSR count). The highest BCUT2D eigenvalue weighted by molar-refractivity contribution is 6.39. The Labute approximate surface area is 189 Å². The van der Waals surface area contributed by atoms with Crippen molar-refractivity contribution in [2.45, 2.75) is 31.7 Å². The van der Waals surface area contributed by atoms with Crippen LogP contribution in [0, 0.1) is 0 Å². The van der Waals surface area contributed by atoms with Crippen molar-refractivity contribution in [2.75, 3.05) is 0 Å². The molecule has 0 bridgehead atoms. The molecular formula is C24H19Cl2N5. The molecule has 4 heterocycles. The quantitative estimate of drug-likeness (QED) is 0.304. The van der Waals surface area contributed by atoms with Gasteiger partial charge in [0.2, 0.25) is 0 Å². The lowest BCUT2D eigenvalue weighted by Gasteiger charge is -2.08. The van der Waals surface area contributed by atoms with Gasteiger partial charge in [-0.25, -0.2) is 4.98 Å². The third-order valence-electron chi connectivity index (χ3n) is 6.14. The maximum atomic E-state index is 6.42. The van der Waals surface area contributed by atoms with Crippen molar-refractivity contribution < 1.29 is 0 Å². The van der Waals surface area contributed by atoms with E-state index in [2.05, 4.69) is 27.0 Å². The fourth-order valence-corrected chi connectivity index (χ4v) is 5.11. The molecule has 0 saturated heterocycles. The van der Waals surface area contributed by atoms with E-state index in [9.17, 15) is 0 Å². The van der Waals surface area contributed by atoms with E-state index < -0.39 is 0 Å². The molecule has 154 valence electrons. The van der Waals surface area contributed by atoms with Crippen LogP contribution in [0.1, 0.15) is 31.7 Å². The second-order valence-electron chi connectivity index (χ2n) is 8.07. The van der Waals surface area contributed by atoms with Gasteiger partial charge in [0, 0.05) is 46.9 Å². The number of benzene rings is 1. The lowest BCUT2D eigenvalue weighted by molar-refractivity contribution is 0.467. The first-order valence-electron chi connectivity index (χ1n) is 10.4. The Kier molecular flexibility index (Phi) is 4.47. The van der Waals surface area contributed by atoms with E-state index in [4.69, 9.17) is 28.2 Å². The lowest BCUT2D eigenvalue weighted by Crippen LogP contribution is -2.04. The van der Waals surface area contributed by atoms with Crippen LogP contribution in [-0.4, -0.2) is 24.1 Å². The van der Waals surface area contributed by atoms with Gasteiger partial charge in [-0.05, 0) is 37.1 Å². The van der Waals surface area contributed by atoms with Gasteiger partial charge in [-0.3, -0.25) is 9.67 Å². The van der Waals surface area contributed by atoms with Crippen molar-refractivity contribution in [3.63, 3.8) is 0 Å². The van der Waals surface area contributed by atoms with Gasteiger partial charge in [0.25, 0.3) is 0 Å². The van der Waals surface area contributed by atoms with Crippen LogP contribution in [-0.2, 0) is 0 Å². The standard InChI is InChI=1S/C24H19Cl2N5/c25-19-6-3-7-20(26)23(19)22-14-30-9-8-21-18(24(30)29-22)10-15(11-27-21)16-12-28-31(13-16)17-4-1-2-5-17/h3,6-14,17H,1-2,4-5H2. The molecule has 5 nitrogen and oxygen atoms in total. The van der Waals surface area contributed by atoms with Gasteiger partial charge >= 0.3 is 0 Å². The summed E-state index contributed by atoms with van der Waals surface area (Å²) in [5.41, 5.74) is 5.30. The predicted molar refractivity (Wildman–Crippen MR) is 125 cm³/mol. The smallest absolute Gasteiger partial charge is 0.146 e. The highest BCUT2D eigenvalue weighted by atomic mass is 35.5. The molecule has 1 fully saturated rings. The van der Waals surface area contributed by atoms with Crippen LogP contribution in [0.2, 0.25) is 10.0 Å². The van der Waals surface area contributed by atoms with E-state index in [1.165, 1.54) is 25.7 Å². The van der Waals surface area contributed by atoms with Crippen molar-refractivity contribution >= 4 is 39.8 Å². The predicted octanol–water partition coefficient (Wildman–Crippen LogP) is 6.83. The first-order chi connectivity index (χ1) is 15.2. The normalized spacial score (nSPS) is 14.8. The molecule has 7 heteroatoms. The maximum absolute atomic E-state index is 6.42. The molecule has 1 aliphatic carbocycles. The zero-order chi connectivity index (χ0) is 20.9. The zero-order valence-electron chi connectivity index (χ0n) is 16.7. The van der Waals surface area contributed by atoms with Gasteiger partial charge in [-0.15, -0.1) is 0 Å². The van der Waals surface area contributed by atoms with Crippen LogP contribution in [0.4, 0.5) is 0 Å². The van der Waals surface area contributed by atoms with Crippen molar-refractivity contribution in [1.29, 1.82) is 0 Å². The second-order valence-corrected chi connectivity index (χ2v) is 8.89. The summed E-state index contributed by atoms with van der Waals surface area (Å²) in [6, 6.07) is 10.1. The van der Waals surface area contributed by atoms with Gasteiger partial charge in [-0.1, -0.05) is 42.1 Å². The molecular weight excluding hydrogens is 429 g/mol. The molecule has 0 N–H and O–H groups in total. The average molecular weight is 448 g/mol. The van der Waals surface area contributed by atoms with Crippen molar-refractivity contribution in [3.05, 3.63) is 71.4 Å². The van der Waals surface area contributed by atoms with Crippen molar-refractivity contribution in [2.24, 2.45) is 0 Å². The number of nitrogens with zero attached hydrogens (tertiary/aromatic N) is 5. The summed E-state index contributed by atoms with van der Waals surface area (Å²) in [7, 11) is 0. The lowest BCUT2D eigenvalue weighted by atomic mass is 10.1. The van der Waals surface area contributed by atoms with Crippen LogP contribution in [0.25, 0.3) is 38.9 Å². The van der Waals surface area contributed by atoms with Gasteiger partial charge in [0.05, 0.1) is 33.5 Å². The van der Waals surface area contributed by atoms with Crippen LogP contribution in [0.3, 0.4) is 0 Å². The number of hydrogen-bond donors (Lipinski definition) is 0. The Morgan fingerprint density at radius 2 is 1.74 bits per heavy atom. The van der Waals surface area contributed by atoms with Crippen LogP contribution < -0.4 is 0 Å². The van der Waals surface area contributed by atoms with Crippen LogP contribution in [0.15, 0.2) is 61.3 Å². The number of pyridine rings is 2. The maximum Gasteiger partial charge on any atom is 0.146 e. The second kappa shape index (κ2) is 7.36. The van der Waals surface area contributed by atoms with E-state index in [0.717, 1.165) is 38.9 Å². The number of hydrogen-bond acceptors (Lipinski definition) is 3. The van der Waals surface area contributed by atoms with Gasteiger partial charge in [-0.2, -0.15) is 5.10 Å². The Morgan fingerprint density at radius 1 is 0.935 bits per heavy atom. The van der Waals surface area contributed by atoms with Gasteiger partial charge in [0.1, 0.15) is 5.65 Å². The largest absolute Gasteiger partial charge is 0.306 e.